The van der Waals surface area contributed by atoms with E-state index in [0.29, 0.717) is 5.89 Å². The van der Waals surface area contributed by atoms with E-state index in [0.717, 1.165) is 0 Å². The average Bonchev–Trinajstić information content (AvgIpc) is 2.79. The maximum atomic E-state index is 5.08. The summed E-state index contributed by atoms with van der Waals surface area (Å²) in [5.74, 6) is 0.651. The molecule has 15 heavy (non-hydrogen) atoms. The third-order valence-electron chi connectivity index (χ3n) is 2.49. The molecule has 1 aromatic heterocycles. The highest BCUT2D eigenvalue weighted by atomic mass is 16.3. The second kappa shape index (κ2) is 5.39. The molecule has 3 heteroatoms. The minimum Gasteiger partial charge on any atom is -0.445 e. The largest absolute Gasteiger partial charge is 0.445 e. The lowest BCUT2D eigenvalue weighted by Crippen LogP contribution is -2.23. The Morgan fingerprint density at radius 2 is 2.07 bits per heavy atom. The lowest BCUT2D eigenvalue weighted by atomic mass is 10.1. The van der Waals surface area contributed by atoms with Gasteiger partial charge in [0.25, 0.3) is 0 Å². The highest BCUT2D eigenvalue weighted by Gasteiger charge is 2.03. The van der Waals surface area contributed by atoms with Gasteiger partial charge >= 0.3 is 0 Å². The van der Waals surface area contributed by atoms with Crippen LogP contribution in [0.1, 0.15) is 25.2 Å². The molecule has 2 heterocycles. The lowest BCUT2D eigenvalue weighted by Gasteiger charge is -2.24. The molecule has 0 N–H and O–H groups in total. The topological polar surface area (TPSA) is 29.3 Å². The Kier molecular flexibility index (Phi) is 3.60. The van der Waals surface area contributed by atoms with E-state index in [4.69, 9.17) is 4.42 Å². The third kappa shape index (κ3) is 3.27. The first-order chi connectivity index (χ1) is 7.45. The van der Waals surface area contributed by atoms with Gasteiger partial charge in [0.05, 0.1) is 6.20 Å². The predicted molar refractivity (Wildman–Crippen MR) is 60.1 cm³/mol. The molecule has 1 aliphatic heterocycles. The monoisotopic (exact) mass is 204 g/mol. The van der Waals surface area contributed by atoms with Gasteiger partial charge in [0.2, 0.25) is 5.89 Å². The van der Waals surface area contributed by atoms with Gasteiger partial charge < -0.3 is 9.32 Å². The molecule has 80 valence electrons. The number of hydrogen-bond acceptors (Lipinski definition) is 3. The number of hydrogen-bond donors (Lipinski definition) is 0. The maximum Gasteiger partial charge on any atom is 0.218 e. The third-order valence-corrected chi connectivity index (χ3v) is 2.49. The second-order valence-corrected chi connectivity index (χ2v) is 3.67. The van der Waals surface area contributed by atoms with Crippen molar-refractivity contribution < 1.29 is 4.42 Å². The van der Waals surface area contributed by atoms with Crippen molar-refractivity contribution in [2.24, 2.45) is 0 Å². The molecule has 1 fully saturated rings. The SMILES string of the molecule is C(=C/c1ncco1)/C=C/N1CCCCC1. The normalized spacial score (nSPS) is 18.0. The Hall–Kier alpha value is -1.51. The van der Waals surface area contributed by atoms with Crippen molar-refractivity contribution >= 4 is 6.08 Å². The van der Waals surface area contributed by atoms with Crippen LogP contribution in [0.5, 0.6) is 0 Å². The number of likely N-dealkylation sites (tertiary alicyclic amines) is 1. The van der Waals surface area contributed by atoms with Crippen molar-refractivity contribution in [3.63, 3.8) is 0 Å². The minimum atomic E-state index is 0.651. The van der Waals surface area contributed by atoms with Gasteiger partial charge in [-0.2, -0.15) is 0 Å². The highest BCUT2D eigenvalue weighted by molar-refractivity contribution is 5.40. The van der Waals surface area contributed by atoms with E-state index in [1.165, 1.54) is 32.4 Å². The summed E-state index contributed by atoms with van der Waals surface area (Å²) in [5, 5.41) is 0. The van der Waals surface area contributed by atoms with Crippen LogP contribution in [0.15, 0.2) is 35.2 Å². The molecule has 0 aliphatic carbocycles. The quantitative estimate of drug-likeness (QED) is 0.709. The molecular formula is C12H16N2O. The molecule has 3 nitrogen and oxygen atoms in total. The molecule has 0 radical (unpaired) electrons. The van der Waals surface area contributed by atoms with E-state index in [-0.39, 0.29) is 0 Å². The van der Waals surface area contributed by atoms with Gasteiger partial charge in [0, 0.05) is 19.2 Å². The number of allylic oxidation sites excluding steroid dienone is 2. The number of oxazole rings is 1. The average molecular weight is 204 g/mol. The molecule has 1 aliphatic rings. The minimum absolute atomic E-state index is 0.651. The molecule has 0 saturated carbocycles. The first kappa shape index (κ1) is 10.0. The van der Waals surface area contributed by atoms with E-state index >= 15 is 0 Å². The van der Waals surface area contributed by atoms with E-state index in [1.54, 1.807) is 12.5 Å². The van der Waals surface area contributed by atoms with E-state index in [9.17, 15) is 0 Å². The molecule has 0 spiro atoms. The first-order valence-corrected chi connectivity index (χ1v) is 5.43. The van der Waals surface area contributed by atoms with E-state index < -0.39 is 0 Å². The van der Waals surface area contributed by atoms with Crippen molar-refractivity contribution in [3.05, 3.63) is 36.7 Å². The van der Waals surface area contributed by atoms with Crippen LogP contribution < -0.4 is 0 Å². The fraction of sp³-hybridized carbons (Fsp3) is 0.417. The summed E-state index contributed by atoms with van der Waals surface area (Å²) in [4.78, 5) is 6.35. The smallest absolute Gasteiger partial charge is 0.218 e. The summed E-state index contributed by atoms with van der Waals surface area (Å²) in [6, 6.07) is 0. The highest BCUT2D eigenvalue weighted by Crippen LogP contribution is 2.08. The molecule has 0 bridgehead atoms. The zero-order chi connectivity index (χ0) is 10.3. The number of piperidine rings is 1. The van der Waals surface area contributed by atoms with Crippen LogP contribution in [0.25, 0.3) is 6.08 Å². The van der Waals surface area contributed by atoms with Crippen molar-refractivity contribution in [2.45, 2.75) is 19.3 Å². The van der Waals surface area contributed by atoms with Crippen LogP contribution in [0, 0.1) is 0 Å². The molecule has 0 aromatic carbocycles. The lowest BCUT2D eigenvalue weighted by molar-refractivity contribution is 0.309. The Morgan fingerprint density at radius 1 is 1.20 bits per heavy atom. The van der Waals surface area contributed by atoms with Crippen LogP contribution in [-0.4, -0.2) is 23.0 Å². The standard InChI is InChI=1S/C12H16N2O/c1-3-8-14(9-4-1)10-5-2-6-12-13-7-11-15-12/h2,5-7,10-11H,1,3-4,8-9H2/b6-2-,10-5+. The summed E-state index contributed by atoms with van der Waals surface area (Å²) in [7, 11) is 0. The van der Waals surface area contributed by atoms with Crippen molar-refractivity contribution in [1.82, 2.24) is 9.88 Å². The number of nitrogens with zero attached hydrogens (tertiary/aromatic N) is 2. The van der Waals surface area contributed by atoms with Crippen LogP contribution in [0.4, 0.5) is 0 Å². The van der Waals surface area contributed by atoms with Gasteiger partial charge in [-0.05, 0) is 31.5 Å². The second-order valence-electron chi connectivity index (χ2n) is 3.67. The zero-order valence-electron chi connectivity index (χ0n) is 8.80. The summed E-state index contributed by atoms with van der Waals surface area (Å²) < 4.78 is 5.08. The fourth-order valence-corrected chi connectivity index (χ4v) is 1.69. The molecule has 1 aromatic rings. The van der Waals surface area contributed by atoms with Gasteiger partial charge in [-0.25, -0.2) is 4.98 Å². The Balaban J connectivity index is 1.79. The molecule has 0 amide bonds. The Morgan fingerprint density at radius 3 is 2.80 bits per heavy atom. The van der Waals surface area contributed by atoms with Crippen LogP contribution in [0.2, 0.25) is 0 Å². The fourth-order valence-electron chi connectivity index (χ4n) is 1.69. The molecular weight excluding hydrogens is 188 g/mol. The van der Waals surface area contributed by atoms with Crippen LogP contribution in [-0.2, 0) is 0 Å². The van der Waals surface area contributed by atoms with Gasteiger partial charge in [-0.1, -0.05) is 6.08 Å². The summed E-state index contributed by atoms with van der Waals surface area (Å²) in [6.45, 7) is 2.37. The van der Waals surface area contributed by atoms with Crippen molar-refractivity contribution in [3.8, 4) is 0 Å². The molecule has 0 unspecified atom stereocenters. The van der Waals surface area contributed by atoms with Crippen LogP contribution >= 0.6 is 0 Å². The maximum absolute atomic E-state index is 5.08. The Bertz CT molecular complexity index is 321. The molecule has 0 atom stereocenters. The number of rotatable bonds is 3. The first-order valence-electron chi connectivity index (χ1n) is 5.43. The summed E-state index contributed by atoms with van der Waals surface area (Å²) in [6.07, 6.45) is 15.2. The van der Waals surface area contributed by atoms with Crippen molar-refractivity contribution in [2.75, 3.05) is 13.1 Å². The van der Waals surface area contributed by atoms with Crippen LogP contribution in [0.3, 0.4) is 0 Å². The van der Waals surface area contributed by atoms with E-state index in [1.807, 2.05) is 18.2 Å². The van der Waals surface area contributed by atoms with Crippen molar-refractivity contribution in [1.29, 1.82) is 0 Å². The molecule has 1 saturated heterocycles. The van der Waals surface area contributed by atoms with Gasteiger partial charge in [-0.15, -0.1) is 0 Å². The van der Waals surface area contributed by atoms with E-state index in [2.05, 4.69) is 16.1 Å². The zero-order valence-corrected chi connectivity index (χ0v) is 8.80. The van der Waals surface area contributed by atoms with Gasteiger partial charge in [0.15, 0.2) is 0 Å². The predicted octanol–water partition coefficient (Wildman–Crippen LogP) is 2.69. The summed E-state index contributed by atoms with van der Waals surface area (Å²) in [5.41, 5.74) is 0. The molecule has 2 rings (SSSR count). The number of aromatic nitrogens is 1. The summed E-state index contributed by atoms with van der Waals surface area (Å²) >= 11 is 0. The van der Waals surface area contributed by atoms with Gasteiger partial charge in [-0.3, -0.25) is 0 Å². The van der Waals surface area contributed by atoms with Gasteiger partial charge in [0.1, 0.15) is 6.26 Å². The Labute approximate surface area is 90.1 Å².